The molecule has 0 radical (unpaired) electrons. The van der Waals surface area contributed by atoms with Gasteiger partial charge in [-0.25, -0.2) is 8.42 Å². The molecule has 0 atom stereocenters. The summed E-state index contributed by atoms with van der Waals surface area (Å²) in [6.45, 7) is 2.54. The van der Waals surface area contributed by atoms with E-state index in [0.717, 1.165) is 34.1 Å². The highest BCUT2D eigenvalue weighted by molar-refractivity contribution is 9.10. The minimum Gasteiger partial charge on any atom is -0.312 e. The van der Waals surface area contributed by atoms with Crippen LogP contribution in [0.1, 0.15) is 24.0 Å². The molecule has 2 aliphatic rings. The standard InChI is InChI=1S/C19H19BrN2O3S/c1-12-10-15(4-6-17(12)20)21-26(24,25)16-5-7-18-14(11-16)8-9-22(18)19(23)13-2-3-13/h4-7,10-11,13,21H,2-3,8-9H2,1H3. The first-order valence-electron chi connectivity index (χ1n) is 8.58. The van der Waals surface area contributed by atoms with Crippen molar-refractivity contribution in [1.29, 1.82) is 0 Å². The van der Waals surface area contributed by atoms with Gasteiger partial charge in [-0.2, -0.15) is 0 Å². The molecule has 1 fully saturated rings. The van der Waals surface area contributed by atoms with Crippen LogP contribution in [0, 0.1) is 12.8 Å². The van der Waals surface area contributed by atoms with Crippen LogP contribution in [0.5, 0.6) is 0 Å². The molecule has 2 aromatic rings. The fourth-order valence-corrected chi connectivity index (χ4v) is 4.59. The molecule has 0 saturated heterocycles. The zero-order chi connectivity index (χ0) is 18.5. The predicted octanol–water partition coefficient (Wildman–Crippen LogP) is 3.86. The molecule has 0 unspecified atom stereocenters. The number of fused-ring (bicyclic) bond motifs is 1. The Labute approximate surface area is 161 Å². The van der Waals surface area contributed by atoms with E-state index in [-0.39, 0.29) is 16.7 Å². The van der Waals surface area contributed by atoms with Crippen molar-refractivity contribution >= 4 is 43.2 Å². The number of carbonyl (C=O) groups excluding carboxylic acids is 1. The van der Waals surface area contributed by atoms with Gasteiger partial charge in [0.1, 0.15) is 0 Å². The zero-order valence-corrected chi connectivity index (χ0v) is 16.7. The van der Waals surface area contributed by atoms with E-state index in [2.05, 4.69) is 20.7 Å². The molecule has 7 heteroatoms. The third kappa shape index (κ3) is 3.25. The van der Waals surface area contributed by atoms with E-state index in [1.807, 2.05) is 13.0 Å². The van der Waals surface area contributed by atoms with Crippen LogP contribution in [0.25, 0.3) is 0 Å². The zero-order valence-electron chi connectivity index (χ0n) is 14.3. The molecule has 1 amide bonds. The lowest BCUT2D eigenvalue weighted by atomic mass is 10.2. The van der Waals surface area contributed by atoms with Crippen molar-refractivity contribution < 1.29 is 13.2 Å². The average Bonchev–Trinajstić information content (AvgIpc) is 3.36. The maximum atomic E-state index is 12.7. The van der Waals surface area contributed by atoms with Gasteiger partial charge in [0.25, 0.3) is 10.0 Å². The van der Waals surface area contributed by atoms with Gasteiger partial charge in [-0.1, -0.05) is 15.9 Å². The number of nitrogens with one attached hydrogen (secondary N) is 1. The first kappa shape index (κ1) is 17.5. The van der Waals surface area contributed by atoms with Gasteiger partial charge in [-0.3, -0.25) is 9.52 Å². The fraction of sp³-hybridized carbons (Fsp3) is 0.316. The normalized spacial score (nSPS) is 16.5. The number of halogens is 1. The third-order valence-corrected chi connectivity index (χ3v) is 7.13. The summed E-state index contributed by atoms with van der Waals surface area (Å²) in [7, 11) is -3.67. The number of anilines is 2. The van der Waals surface area contributed by atoms with Crippen LogP contribution in [0.2, 0.25) is 0 Å². The van der Waals surface area contributed by atoms with E-state index in [1.165, 1.54) is 0 Å². The number of aryl methyl sites for hydroxylation is 1. The van der Waals surface area contributed by atoms with E-state index in [0.29, 0.717) is 18.7 Å². The fourth-order valence-electron chi connectivity index (χ4n) is 3.25. The Bertz CT molecular complexity index is 1000. The lowest BCUT2D eigenvalue weighted by Crippen LogP contribution is -2.30. The van der Waals surface area contributed by atoms with Crippen molar-refractivity contribution in [3.63, 3.8) is 0 Å². The highest BCUT2D eigenvalue weighted by Crippen LogP contribution is 2.37. The summed E-state index contributed by atoms with van der Waals surface area (Å²) in [5.41, 5.74) is 3.24. The van der Waals surface area contributed by atoms with E-state index >= 15 is 0 Å². The Hall–Kier alpha value is -1.86. The second kappa shape index (κ2) is 6.39. The molecular weight excluding hydrogens is 416 g/mol. The molecule has 26 heavy (non-hydrogen) atoms. The maximum absolute atomic E-state index is 12.7. The van der Waals surface area contributed by atoms with Gasteiger partial charge < -0.3 is 4.90 Å². The van der Waals surface area contributed by atoms with Crippen LogP contribution in [-0.2, 0) is 21.2 Å². The number of hydrogen-bond donors (Lipinski definition) is 1. The van der Waals surface area contributed by atoms with E-state index in [9.17, 15) is 13.2 Å². The summed E-state index contributed by atoms with van der Waals surface area (Å²) >= 11 is 3.41. The number of hydrogen-bond acceptors (Lipinski definition) is 3. The molecule has 2 aromatic carbocycles. The Morgan fingerprint density at radius 3 is 2.65 bits per heavy atom. The van der Waals surface area contributed by atoms with Gasteiger partial charge in [-0.15, -0.1) is 0 Å². The van der Waals surface area contributed by atoms with Crippen LogP contribution < -0.4 is 9.62 Å². The SMILES string of the molecule is Cc1cc(NS(=O)(=O)c2ccc3c(c2)CCN3C(=O)C2CC2)ccc1Br. The molecule has 1 saturated carbocycles. The van der Waals surface area contributed by atoms with E-state index in [1.54, 1.807) is 35.2 Å². The molecule has 0 bridgehead atoms. The Kier molecular flexibility index (Phi) is 4.31. The number of amides is 1. The van der Waals surface area contributed by atoms with Crippen LogP contribution in [0.4, 0.5) is 11.4 Å². The van der Waals surface area contributed by atoms with Crippen molar-refractivity contribution in [2.45, 2.75) is 31.1 Å². The number of benzene rings is 2. The minimum atomic E-state index is -3.67. The molecule has 136 valence electrons. The average molecular weight is 435 g/mol. The highest BCUT2D eigenvalue weighted by Gasteiger charge is 2.36. The third-order valence-electron chi connectivity index (χ3n) is 4.86. The van der Waals surface area contributed by atoms with E-state index < -0.39 is 10.0 Å². The first-order valence-corrected chi connectivity index (χ1v) is 10.9. The Morgan fingerprint density at radius 1 is 1.19 bits per heavy atom. The summed E-state index contributed by atoms with van der Waals surface area (Å²) in [6, 6.07) is 10.3. The Balaban J connectivity index is 1.59. The van der Waals surface area contributed by atoms with Crippen molar-refractivity contribution in [3.8, 4) is 0 Å². The lowest BCUT2D eigenvalue weighted by Gasteiger charge is -2.17. The van der Waals surface area contributed by atoms with Gasteiger partial charge in [0.05, 0.1) is 4.90 Å². The number of carbonyl (C=O) groups is 1. The molecule has 0 aromatic heterocycles. The summed E-state index contributed by atoms with van der Waals surface area (Å²) in [4.78, 5) is 14.4. The van der Waals surface area contributed by atoms with Gasteiger partial charge in [0, 0.05) is 28.3 Å². The monoisotopic (exact) mass is 434 g/mol. The summed E-state index contributed by atoms with van der Waals surface area (Å²) in [5.74, 6) is 0.328. The van der Waals surface area contributed by atoms with Gasteiger partial charge in [-0.05, 0) is 73.7 Å². The first-order chi connectivity index (χ1) is 12.3. The Morgan fingerprint density at radius 2 is 1.96 bits per heavy atom. The summed E-state index contributed by atoms with van der Waals surface area (Å²) in [6.07, 6.45) is 2.62. The van der Waals surface area contributed by atoms with E-state index in [4.69, 9.17) is 0 Å². The van der Waals surface area contributed by atoms with Crippen molar-refractivity contribution in [2.75, 3.05) is 16.2 Å². The van der Waals surface area contributed by atoms with Crippen LogP contribution in [0.3, 0.4) is 0 Å². The smallest absolute Gasteiger partial charge is 0.261 e. The van der Waals surface area contributed by atoms with Crippen molar-refractivity contribution in [2.24, 2.45) is 5.92 Å². The lowest BCUT2D eigenvalue weighted by molar-refractivity contribution is -0.119. The van der Waals surface area contributed by atoms with Crippen molar-refractivity contribution in [3.05, 3.63) is 52.0 Å². The summed E-state index contributed by atoms with van der Waals surface area (Å²) in [5, 5.41) is 0. The van der Waals surface area contributed by atoms with Crippen LogP contribution in [-0.4, -0.2) is 20.9 Å². The quantitative estimate of drug-likeness (QED) is 0.794. The van der Waals surface area contributed by atoms with Crippen molar-refractivity contribution in [1.82, 2.24) is 0 Å². The molecule has 0 spiro atoms. The molecule has 1 aliphatic carbocycles. The molecule has 1 N–H and O–H groups in total. The predicted molar refractivity (Wildman–Crippen MR) is 105 cm³/mol. The summed E-state index contributed by atoms with van der Waals surface area (Å²) < 4.78 is 29.0. The molecule has 1 aliphatic heterocycles. The number of sulfonamides is 1. The van der Waals surface area contributed by atoms with Crippen LogP contribution >= 0.6 is 15.9 Å². The molecule has 4 rings (SSSR count). The maximum Gasteiger partial charge on any atom is 0.261 e. The topological polar surface area (TPSA) is 66.5 Å². The van der Waals surface area contributed by atoms with Gasteiger partial charge >= 0.3 is 0 Å². The number of rotatable bonds is 4. The molecular formula is C19H19BrN2O3S. The van der Waals surface area contributed by atoms with Crippen LogP contribution in [0.15, 0.2) is 45.8 Å². The second-order valence-electron chi connectivity index (χ2n) is 6.87. The largest absolute Gasteiger partial charge is 0.312 e. The second-order valence-corrected chi connectivity index (χ2v) is 9.41. The highest BCUT2D eigenvalue weighted by atomic mass is 79.9. The van der Waals surface area contributed by atoms with Gasteiger partial charge in [0.15, 0.2) is 0 Å². The molecule has 1 heterocycles. The molecule has 5 nitrogen and oxygen atoms in total. The van der Waals surface area contributed by atoms with Gasteiger partial charge in [0.2, 0.25) is 5.91 Å². The number of nitrogens with zero attached hydrogens (tertiary/aromatic N) is 1. The minimum absolute atomic E-state index is 0.159.